The van der Waals surface area contributed by atoms with E-state index in [1.807, 2.05) is 18.2 Å². The third-order valence-electron chi connectivity index (χ3n) is 4.32. The highest BCUT2D eigenvalue weighted by Crippen LogP contribution is 2.14. The number of anilines is 1. The van der Waals surface area contributed by atoms with Crippen LogP contribution in [0.5, 0.6) is 0 Å². The molecule has 3 heterocycles. The lowest BCUT2D eigenvalue weighted by molar-refractivity contribution is 0.0949. The fraction of sp³-hybridized carbons (Fsp3) is 0.368. The molecule has 1 N–H and O–H groups in total. The van der Waals surface area contributed by atoms with Gasteiger partial charge in [0.15, 0.2) is 0 Å². The number of nitrogens with one attached hydrogen (secondary N) is 1. The Kier molecular flexibility index (Phi) is 6.19. The highest BCUT2D eigenvalue weighted by molar-refractivity contribution is 5.94. The van der Waals surface area contributed by atoms with E-state index in [1.54, 1.807) is 36.5 Å². The van der Waals surface area contributed by atoms with Gasteiger partial charge in [-0.15, -0.1) is 0 Å². The summed E-state index contributed by atoms with van der Waals surface area (Å²) in [4.78, 5) is 36.2. The van der Waals surface area contributed by atoms with Gasteiger partial charge in [-0.1, -0.05) is 6.07 Å². The normalized spacial score (nSPS) is 14.0. The van der Waals surface area contributed by atoms with E-state index in [9.17, 15) is 9.59 Å². The van der Waals surface area contributed by atoms with Gasteiger partial charge < -0.3 is 19.9 Å². The molecule has 2 amide bonds. The minimum Gasteiger partial charge on any atom is -0.450 e. The van der Waals surface area contributed by atoms with Crippen LogP contribution in [0.3, 0.4) is 0 Å². The molecule has 1 aliphatic rings. The van der Waals surface area contributed by atoms with Crippen LogP contribution in [0.2, 0.25) is 0 Å². The summed E-state index contributed by atoms with van der Waals surface area (Å²) in [6, 6.07) is 7.34. The number of aromatic nitrogens is 2. The van der Waals surface area contributed by atoms with Crippen molar-refractivity contribution in [3.63, 3.8) is 0 Å². The van der Waals surface area contributed by atoms with Crippen LogP contribution in [0.25, 0.3) is 0 Å². The number of hydrogen-bond donors (Lipinski definition) is 1. The molecule has 1 fully saturated rings. The molecule has 0 spiro atoms. The van der Waals surface area contributed by atoms with Crippen molar-refractivity contribution in [3.05, 3.63) is 54.0 Å². The molecule has 0 saturated carbocycles. The second-order valence-corrected chi connectivity index (χ2v) is 6.12. The Balaban J connectivity index is 1.51. The molecular weight excluding hydrogens is 346 g/mol. The molecule has 3 rings (SSSR count). The molecule has 2 aromatic rings. The first-order chi connectivity index (χ1) is 13.2. The van der Waals surface area contributed by atoms with E-state index >= 15 is 0 Å². The van der Waals surface area contributed by atoms with Crippen LogP contribution in [-0.4, -0.2) is 59.7 Å². The Morgan fingerprint density at radius 2 is 1.96 bits per heavy atom. The van der Waals surface area contributed by atoms with Crippen molar-refractivity contribution in [2.75, 3.05) is 37.7 Å². The summed E-state index contributed by atoms with van der Waals surface area (Å²) in [5, 5.41) is 2.85. The molecular formula is C19H23N5O3. The average molecular weight is 369 g/mol. The minimum absolute atomic E-state index is 0.176. The van der Waals surface area contributed by atoms with Crippen molar-refractivity contribution < 1.29 is 14.3 Å². The molecule has 1 saturated heterocycles. The Morgan fingerprint density at radius 1 is 1.15 bits per heavy atom. The molecule has 27 heavy (non-hydrogen) atoms. The van der Waals surface area contributed by atoms with Crippen LogP contribution in [0.4, 0.5) is 10.6 Å². The summed E-state index contributed by atoms with van der Waals surface area (Å²) >= 11 is 0. The van der Waals surface area contributed by atoms with E-state index in [0.29, 0.717) is 44.9 Å². The van der Waals surface area contributed by atoms with Crippen LogP contribution in [0.15, 0.2) is 42.9 Å². The lowest BCUT2D eigenvalue weighted by atomic mass is 10.2. The van der Waals surface area contributed by atoms with Crippen LogP contribution < -0.4 is 10.2 Å². The number of pyridine rings is 2. The molecule has 8 nitrogen and oxygen atoms in total. The van der Waals surface area contributed by atoms with Crippen LogP contribution >= 0.6 is 0 Å². The third-order valence-corrected chi connectivity index (χ3v) is 4.32. The molecule has 2 aromatic heterocycles. The summed E-state index contributed by atoms with van der Waals surface area (Å²) in [6.45, 7) is 5.14. The molecule has 0 atom stereocenters. The van der Waals surface area contributed by atoms with E-state index in [-0.39, 0.29) is 12.0 Å². The molecule has 0 radical (unpaired) electrons. The van der Waals surface area contributed by atoms with Crippen LogP contribution in [0, 0.1) is 0 Å². The van der Waals surface area contributed by atoms with Gasteiger partial charge in [0.05, 0.1) is 12.2 Å². The second kappa shape index (κ2) is 8.98. The monoisotopic (exact) mass is 369 g/mol. The number of carbonyl (C=O) groups is 2. The fourth-order valence-corrected chi connectivity index (χ4v) is 2.83. The molecule has 8 heteroatoms. The summed E-state index contributed by atoms with van der Waals surface area (Å²) in [5.74, 6) is 0.618. The zero-order valence-corrected chi connectivity index (χ0v) is 15.3. The van der Waals surface area contributed by atoms with Gasteiger partial charge in [-0.3, -0.25) is 9.78 Å². The van der Waals surface area contributed by atoms with Gasteiger partial charge in [0.2, 0.25) is 0 Å². The maximum atomic E-state index is 12.2. The Hall–Kier alpha value is -3.16. The average Bonchev–Trinajstić information content (AvgIpc) is 2.73. The zero-order valence-electron chi connectivity index (χ0n) is 15.3. The Morgan fingerprint density at radius 3 is 2.59 bits per heavy atom. The number of nitrogens with zero attached hydrogens (tertiary/aromatic N) is 4. The Bertz CT molecular complexity index is 759. The summed E-state index contributed by atoms with van der Waals surface area (Å²) in [7, 11) is 0. The van der Waals surface area contributed by atoms with Crippen LogP contribution in [0.1, 0.15) is 22.8 Å². The standard InChI is InChI=1S/C19H23N5O3/c1-2-27-19(26)24-10-8-23(9-11-24)17-6-5-16(14-21-17)18(25)22-13-15-4-3-7-20-12-15/h3-7,12,14H,2,8-11,13H2,1H3,(H,22,25). The lowest BCUT2D eigenvalue weighted by Crippen LogP contribution is -2.49. The van der Waals surface area contributed by atoms with Crippen molar-refractivity contribution >= 4 is 17.8 Å². The molecule has 0 unspecified atom stereocenters. The van der Waals surface area contributed by atoms with Crippen molar-refractivity contribution in [1.82, 2.24) is 20.2 Å². The van der Waals surface area contributed by atoms with E-state index in [2.05, 4.69) is 20.2 Å². The second-order valence-electron chi connectivity index (χ2n) is 6.12. The number of ether oxygens (including phenoxy) is 1. The first kappa shape index (κ1) is 18.6. The van der Waals surface area contributed by atoms with E-state index in [1.165, 1.54) is 0 Å². The van der Waals surface area contributed by atoms with Crippen molar-refractivity contribution in [2.24, 2.45) is 0 Å². The van der Waals surface area contributed by atoms with Crippen molar-refractivity contribution in [1.29, 1.82) is 0 Å². The molecule has 0 aromatic carbocycles. The van der Waals surface area contributed by atoms with E-state index in [4.69, 9.17) is 4.74 Å². The van der Waals surface area contributed by atoms with Gasteiger partial charge in [-0.2, -0.15) is 0 Å². The first-order valence-electron chi connectivity index (χ1n) is 8.97. The van der Waals surface area contributed by atoms with Gasteiger partial charge >= 0.3 is 6.09 Å². The number of piperazine rings is 1. The SMILES string of the molecule is CCOC(=O)N1CCN(c2ccc(C(=O)NCc3cccnc3)cn2)CC1. The number of carbonyl (C=O) groups excluding carboxylic acids is 2. The molecule has 0 bridgehead atoms. The van der Waals surface area contributed by atoms with Gasteiger partial charge in [-0.25, -0.2) is 9.78 Å². The molecule has 0 aliphatic carbocycles. The highest BCUT2D eigenvalue weighted by Gasteiger charge is 2.22. The third kappa shape index (κ3) is 4.93. The maximum Gasteiger partial charge on any atom is 0.409 e. The van der Waals surface area contributed by atoms with E-state index < -0.39 is 0 Å². The van der Waals surface area contributed by atoms with Crippen LogP contribution in [-0.2, 0) is 11.3 Å². The predicted molar refractivity (Wildman–Crippen MR) is 100 cm³/mol. The number of hydrogen-bond acceptors (Lipinski definition) is 6. The topological polar surface area (TPSA) is 87.7 Å². The lowest BCUT2D eigenvalue weighted by Gasteiger charge is -2.34. The quantitative estimate of drug-likeness (QED) is 0.863. The smallest absolute Gasteiger partial charge is 0.409 e. The van der Waals surface area contributed by atoms with Crippen molar-refractivity contribution in [3.8, 4) is 0 Å². The first-order valence-corrected chi connectivity index (χ1v) is 8.97. The van der Waals surface area contributed by atoms with Gasteiger partial charge in [0.1, 0.15) is 5.82 Å². The summed E-state index contributed by atoms with van der Waals surface area (Å²) in [5.41, 5.74) is 1.45. The molecule has 142 valence electrons. The summed E-state index contributed by atoms with van der Waals surface area (Å²) < 4.78 is 5.02. The maximum absolute atomic E-state index is 12.2. The molecule has 1 aliphatic heterocycles. The summed E-state index contributed by atoms with van der Waals surface area (Å²) in [6.07, 6.45) is 4.72. The Labute approximate surface area is 158 Å². The largest absolute Gasteiger partial charge is 0.450 e. The van der Waals surface area contributed by atoms with Crippen molar-refractivity contribution in [2.45, 2.75) is 13.5 Å². The highest BCUT2D eigenvalue weighted by atomic mass is 16.6. The van der Waals surface area contributed by atoms with E-state index in [0.717, 1.165) is 11.4 Å². The predicted octanol–water partition coefficient (Wildman–Crippen LogP) is 1.69. The van der Waals surface area contributed by atoms with Gasteiger partial charge in [-0.05, 0) is 30.7 Å². The minimum atomic E-state index is -0.272. The van der Waals surface area contributed by atoms with Gasteiger partial charge in [0.25, 0.3) is 5.91 Å². The number of amides is 2. The number of rotatable bonds is 5. The van der Waals surface area contributed by atoms with Gasteiger partial charge in [0, 0.05) is 51.3 Å². The zero-order chi connectivity index (χ0) is 19.1. The fourth-order valence-electron chi connectivity index (χ4n) is 2.83.